The molecule has 1 aliphatic carbocycles. The smallest absolute Gasteiger partial charge is 0.328 e. The van der Waals surface area contributed by atoms with Crippen LogP contribution in [0.1, 0.15) is 36.3 Å². The number of hydrogen-bond acceptors (Lipinski definition) is 3. The number of ether oxygens (including phenoxy) is 1. The van der Waals surface area contributed by atoms with Crippen molar-refractivity contribution in [1.29, 1.82) is 0 Å². The van der Waals surface area contributed by atoms with Crippen molar-refractivity contribution < 1.29 is 14.3 Å². The molecular weight excluding hydrogens is 385 g/mol. The number of halogens is 2. The zero-order valence-corrected chi connectivity index (χ0v) is 16.6. The van der Waals surface area contributed by atoms with Gasteiger partial charge in [0, 0.05) is 21.9 Å². The molecule has 0 unspecified atom stereocenters. The molecule has 6 heteroatoms. The predicted octanol–water partition coefficient (Wildman–Crippen LogP) is 4.56. The van der Waals surface area contributed by atoms with Crippen molar-refractivity contribution in [3.63, 3.8) is 0 Å². The van der Waals surface area contributed by atoms with Crippen LogP contribution in [0.2, 0.25) is 10.0 Å². The summed E-state index contributed by atoms with van der Waals surface area (Å²) in [6.07, 6.45) is 0.704. The number of carbonyl (C=O) groups is 2. The van der Waals surface area contributed by atoms with Crippen LogP contribution in [-0.2, 0) is 14.3 Å². The number of carbonyl (C=O) groups excluding carboxylic acids is 2. The van der Waals surface area contributed by atoms with Crippen molar-refractivity contribution >= 4 is 35.1 Å². The Morgan fingerprint density at radius 3 is 2.33 bits per heavy atom. The molecular formula is C21H21Cl2NO3. The fourth-order valence-electron chi connectivity index (χ4n) is 3.37. The maximum Gasteiger partial charge on any atom is 0.328 e. The van der Waals surface area contributed by atoms with Crippen molar-refractivity contribution in [1.82, 2.24) is 5.32 Å². The number of methoxy groups -OCH3 is 1. The lowest BCUT2D eigenvalue weighted by Gasteiger charge is -2.23. The Morgan fingerprint density at radius 2 is 1.74 bits per heavy atom. The van der Waals surface area contributed by atoms with E-state index in [1.807, 2.05) is 49.4 Å². The van der Waals surface area contributed by atoms with E-state index in [-0.39, 0.29) is 23.7 Å². The molecule has 4 nitrogen and oxygen atoms in total. The average Bonchev–Trinajstić information content (AvgIpc) is 3.46. The predicted molar refractivity (Wildman–Crippen MR) is 106 cm³/mol. The van der Waals surface area contributed by atoms with Crippen LogP contribution in [0.5, 0.6) is 0 Å². The topological polar surface area (TPSA) is 55.4 Å². The molecule has 2 aromatic carbocycles. The molecule has 0 heterocycles. The van der Waals surface area contributed by atoms with E-state index in [2.05, 4.69) is 5.32 Å². The minimum absolute atomic E-state index is 0.0616. The molecule has 142 valence electrons. The van der Waals surface area contributed by atoms with E-state index in [0.717, 1.165) is 11.1 Å². The number of amides is 1. The van der Waals surface area contributed by atoms with Gasteiger partial charge in [-0.2, -0.15) is 0 Å². The Morgan fingerprint density at radius 1 is 1.11 bits per heavy atom. The summed E-state index contributed by atoms with van der Waals surface area (Å²) in [7, 11) is 1.33. The number of rotatable bonds is 6. The van der Waals surface area contributed by atoms with Gasteiger partial charge in [0.15, 0.2) is 0 Å². The molecule has 1 amide bonds. The van der Waals surface area contributed by atoms with Crippen LogP contribution >= 0.6 is 23.2 Å². The Bertz CT molecular complexity index is 820. The molecule has 0 aromatic heterocycles. The van der Waals surface area contributed by atoms with Crippen molar-refractivity contribution in [2.24, 2.45) is 5.92 Å². The Labute approximate surface area is 168 Å². The van der Waals surface area contributed by atoms with Crippen molar-refractivity contribution in [2.75, 3.05) is 7.11 Å². The fourth-order valence-corrected chi connectivity index (χ4v) is 3.91. The standard InChI is InChI=1S/C21H21Cl2NO3/c1-12(13-6-4-3-5-7-13)19(21(26)27-2)24-20(25)18-11-17(18)14-8-15(22)10-16(23)9-14/h3-10,12,17-19H,11H2,1-2H3,(H,24,25)/t12-,17+,18+,19+/m0/s1. The Kier molecular flexibility index (Phi) is 6.08. The summed E-state index contributed by atoms with van der Waals surface area (Å²) in [5, 5.41) is 3.98. The van der Waals surface area contributed by atoms with E-state index < -0.39 is 12.0 Å². The summed E-state index contributed by atoms with van der Waals surface area (Å²) in [5.74, 6) is -0.960. The minimum Gasteiger partial charge on any atom is -0.467 e. The molecule has 27 heavy (non-hydrogen) atoms. The summed E-state index contributed by atoms with van der Waals surface area (Å²) in [6.45, 7) is 1.90. The molecule has 1 N–H and O–H groups in total. The second kappa shape index (κ2) is 8.32. The van der Waals surface area contributed by atoms with Gasteiger partial charge in [-0.3, -0.25) is 4.79 Å². The molecule has 0 radical (unpaired) electrons. The first kappa shape index (κ1) is 19.7. The largest absolute Gasteiger partial charge is 0.467 e. The van der Waals surface area contributed by atoms with Crippen LogP contribution < -0.4 is 5.32 Å². The van der Waals surface area contributed by atoms with Gasteiger partial charge in [-0.25, -0.2) is 4.79 Å². The molecule has 1 fully saturated rings. The summed E-state index contributed by atoms with van der Waals surface area (Å²) in [6, 6.07) is 14.2. The van der Waals surface area contributed by atoms with Crippen LogP contribution in [0.4, 0.5) is 0 Å². The highest BCUT2D eigenvalue weighted by Gasteiger charge is 2.45. The SMILES string of the molecule is COC(=O)[C@H](NC(=O)[C@@H]1C[C@@H]1c1cc(Cl)cc(Cl)c1)[C@@H](C)c1ccccc1. The van der Waals surface area contributed by atoms with Gasteiger partial charge in [-0.15, -0.1) is 0 Å². The quantitative estimate of drug-likeness (QED) is 0.716. The van der Waals surface area contributed by atoms with Crippen LogP contribution in [0.25, 0.3) is 0 Å². The second-order valence-electron chi connectivity index (χ2n) is 6.86. The maximum atomic E-state index is 12.7. The molecule has 0 aliphatic heterocycles. The van der Waals surface area contributed by atoms with Crippen LogP contribution in [0.15, 0.2) is 48.5 Å². The zero-order valence-electron chi connectivity index (χ0n) is 15.1. The maximum absolute atomic E-state index is 12.7. The fraction of sp³-hybridized carbons (Fsp3) is 0.333. The van der Waals surface area contributed by atoms with Gasteiger partial charge in [0.2, 0.25) is 5.91 Å². The highest BCUT2D eigenvalue weighted by atomic mass is 35.5. The summed E-state index contributed by atoms with van der Waals surface area (Å²) >= 11 is 12.1. The second-order valence-corrected chi connectivity index (χ2v) is 7.73. The van der Waals surface area contributed by atoms with E-state index >= 15 is 0 Å². The first-order valence-corrected chi connectivity index (χ1v) is 9.55. The number of nitrogens with one attached hydrogen (secondary N) is 1. The molecule has 3 rings (SSSR count). The van der Waals surface area contributed by atoms with Gasteiger partial charge in [0.1, 0.15) is 6.04 Å². The van der Waals surface area contributed by atoms with Crippen molar-refractivity contribution in [3.8, 4) is 0 Å². The van der Waals surface area contributed by atoms with Gasteiger partial charge in [0.25, 0.3) is 0 Å². The van der Waals surface area contributed by atoms with Gasteiger partial charge in [-0.05, 0) is 41.7 Å². The van der Waals surface area contributed by atoms with Crippen LogP contribution in [0, 0.1) is 5.92 Å². The first-order valence-electron chi connectivity index (χ1n) is 8.80. The lowest BCUT2D eigenvalue weighted by Crippen LogP contribution is -2.45. The molecule has 0 saturated heterocycles. The first-order chi connectivity index (χ1) is 12.9. The lowest BCUT2D eigenvalue weighted by atomic mass is 9.93. The third-order valence-corrected chi connectivity index (χ3v) is 5.45. The Balaban J connectivity index is 1.71. The zero-order chi connectivity index (χ0) is 19.6. The molecule has 1 aliphatic rings. The van der Waals surface area contributed by atoms with Gasteiger partial charge < -0.3 is 10.1 Å². The minimum atomic E-state index is -0.742. The lowest BCUT2D eigenvalue weighted by molar-refractivity contribution is -0.145. The number of esters is 1. The van der Waals surface area contributed by atoms with Crippen molar-refractivity contribution in [3.05, 3.63) is 69.7 Å². The van der Waals surface area contributed by atoms with Crippen molar-refractivity contribution in [2.45, 2.75) is 31.2 Å². The third kappa shape index (κ3) is 4.63. The highest BCUT2D eigenvalue weighted by Crippen LogP contribution is 2.48. The molecule has 1 saturated carbocycles. The highest BCUT2D eigenvalue weighted by molar-refractivity contribution is 6.34. The number of benzene rings is 2. The van der Waals surface area contributed by atoms with E-state index in [1.54, 1.807) is 6.07 Å². The molecule has 0 bridgehead atoms. The average molecular weight is 406 g/mol. The van der Waals surface area contributed by atoms with E-state index in [4.69, 9.17) is 27.9 Å². The normalized spacial score (nSPS) is 20.4. The van der Waals surface area contributed by atoms with Crippen LogP contribution in [0.3, 0.4) is 0 Å². The van der Waals surface area contributed by atoms with E-state index in [0.29, 0.717) is 16.5 Å². The summed E-state index contributed by atoms with van der Waals surface area (Å²) in [5.41, 5.74) is 1.90. The number of hydrogen-bond donors (Lipinski definition) is 1. The Hall–Kier alpha value is -2.04. The summed E-state index contributed by atoms with van der Waals surface area (Å²) in [4.78, 5) is 25.0. The van der Waals surface area contributed by atoms with E-state index in [9.17, 15) is 9.59 Å². The third-order valence-electron chi connectivity index (χ3n) is 5.02. The van der Waals surface area contributed by atoms with Gasteiger partial charge in [-0.1, -0.05) is 60.5 Å². The monoisotopic (exact) mass is 405 g/mol. The van der Waals surface area contributed by atoms with Gasteiger partial charge >= 0.3 is 5.97 Å². The summed E-state index contributed by atoms with van der Waals surface area (Å²) < 4.78 is 4.91. The van der Waals surface area contributed by atoms with Gasteiger partial charge in [0.05, 0.1) is 7.11 Å². The van der Waals surface area contributed by atoms with Crippen LogP contribution in [-0.4, -0.2) is 25.0 Å². The van der Waals surface area contributed by atoms with E-state index in [1.165, 1.54) is 7.11 Å². The molecule has 4 atom stereocenters. The molecule has 0 spiro atoms. The molecule has 2 aromatic rings.